The highest BCUT2D eigenvalue weighted by atomic mass is 16.4. The van der Waals surface area contributed by atoms with Gasteiger partial charge < -0.3 is 14.8 Å². The lowest BCUT2D eigenvalue weighted by atomic mass is 10.1. The van der Waals surface area contributed by atoms with E-state index in [1.165, 1.54) is 0 Å². The molecular formula is C12H13N2O2-. The van der Waals surface area contributed by atoms with Gasteiger partial charge in [-0.05, 0) is 45.0 Å². The van der Waals surface area contributed by atoms with Crippen LogP contribution in [-0.2, 0) is 0 Å². The summed E-state index contributed by atoms with van der Waals surface area (Å²) in [7, 11) is 0. The van der Waals surface area contributed by atoms with E-state index < -0.39 is 11.6 Å². The van der Waals surface area contributed by atoms with Gasteiger partial charge in [0.15, 0.2) is 0 Å². The second kappa shape index (κ2) is 4.23. The van der Waals surface area contributed by atoms with Gasteiger partial charge >= 0.3 is 0 Å². The molecule has 0 fully saturated rings. The highest BCUT2D eigenvalue weighted by Gasteiger charge is 2.22. The van der Waals surface area contributed by atoms with Crippen LogP contribution in [0.2, 0.25) is 0 Å². The molecule has 0 unspecified atom stereocenters. The third-order valence-corrected chi connectivity index (χ3v) is 2.11. The molecule has 0 spiro atoms. The Hall–Kier alpha value is -2.02. The Bertz CT molecular complexity index is 424. The molecule has 0 saturated heterocycles. The van der Waals surface area contributed by atoms with Crippen molar-refractivity contribution < 1.29 is 9.90 Å². The zero-order chi connectivity index (χ0) is 12.3. The van der Waals surface area contributed by atoms with E-state index in [9.17, 15) is 9.90 Å². The molecule has 0 aromatic heterocycles. The van der Waals surface area contributed by atoms with Crippen LogP contribution in [0.1, 0.15) is 26.3 Å². The molecule has 0 saturated carbocycles. The summed E-state index contributed by atoms with van der Waals surface area (Å²) < 4.78 is 0. The first-order chi connectivity index (χ1) is 7.36. The summed E-state index contributed by atoms with van der Waals surface area (Å²) in [5.74, 6) is 0. The number of hydrogen-bond donors (Lipinski definition) is 0. The highest BCUT2D eigenvalue weighted by Crippen LogP contribution is 2.23. The Labute approximate surface area is 94.7 Å². The Kier molecular flexibility index (Phi) is 3.19. The molecule has 1 aromatic rings. The molecule has 0 radical (unpaired) electrons. The van der Waals surface area contributed by atoms with E-state index in [0.29, 0.717) is 11.3 Å². The molecule has 0 heterocycles. The lowest BCUT2D eigenvalue weighted by Gasteiger charge is -2.37. The third-order valence-electron chi connectivity index (χ3n) is 2.11. The SMILES string of the molecule is CC(C)(C)N(C(=O)[O-])c1ccc(C#N)cc1. The van der Waals surface area contributed by atoms with Crippen molar-refractivity contribution in [2.45, 2.75) is 26.3 Å². The largest absolute Gasteiger partial charge is 0.530 e. The second-order valence-corrected chi connectivity index (χ2v) is 4.43. The Morgan fingerprint density at radius 1 is 1.31 bits per heavy atom. The molecule has 4 heteroatoms. The van der Waals surface area contributed by atoms with Crippen LogP contribution in [0.5, 0.6) is 0 Å². The quantitative estimate of drug-likeness (QED) is 0.716. The average molecular weight is 217 g/mol. The summed E-state index contributed by atoms with van der Waals surface area (Å²) in [5, 5.41) is 19.7. The molecular weight excluding hydrogens is 204 g/mol. The minimum absolute atomic E-state index is 0.496. The predicted molar refractivity (Wildman–Crippen MR) is 58.8 cm³/mol. The number of carbonyl (C=O) groups excluding carboxylic acids is 1. The van der Waals surface area contributed by atoms with Gasteiger partial charge in [-0.1, -0.05) is 0 Å². The number of amides is 1. The van der Waals surface area contributed by atoms with Crippen molar-refractivity contribution in [1.82, 2.24) is 0 Å². The number of hydrogen-bond acceptors (Lipinski definition) is 3. The van der Waals surface area contributed by atoms with Crippen molar-refractivity contribution in [3.8, 4) is 6.07 Å². The van der Waals surface area contributed by atoms with Crippen LogP contribution < -0.4 is 10.0 Å². The van der Waals surface area contributed by atoms with Crippen molar-refractivity contribution in [1.29, 1.82) is 5.26 Å². The van der Waals surface area contributed by atoms with Crippen LogP contribution in [0.25, 0.3) is 0 Å². The summed E-state index contributed by atoms with van der Waals surface area (Å²) in [5.41, 5.74) is 0.426. The normalized spacial score (nSPS) is 10.6. The number of carboxylic acid groups (broad SMARTS) is 1. The van der Waals surface area contributed by atoms with Gasteiger partial charge in [-0.15, -0.1) is 0 Å². The van der Waals surface area contributed by atoms with E-state index in [2.05, 4.69) is 0 Å². The lowest BCUT2D eigenvalue weighted by molar-refractivity contribution is -0.247. The van der Waals surface area contributed by atoms with Crippen LogP contribution in [0.15, 0.2) is 24.3 Å². The third kappa shape index (κ3) is 2.51. The monoisotopic (exact) mass is 217 g/mol. The maximum absolute atomic E-state index is 11.1. The highest BCUT2D eigenvalue weighted by molar-refractivity contribution is 5.86. The molecule has 0 bridgehead atoms. The summed E-state index contributed by atoms with van der Waals surface area (Å²) in [4.78, 5) is 12.2. The van der Waals surface area contributed by atoms with Crippen molar-refractivity contribution in [3.63, 3.8) is 0 Å². The van der Waals surface area contributed by atoms with Gasteiger partial charge in [0.05, 0.1) is 11.6 Å². The summed E-state index contributed by atoms with van der Waals surface area (Å²) in [6.45, 7) is 5.34. The number of rotatable bonds is 1. The van der Waals surface area contributed by atoms with Crippen LogP contribution >= 0.6 is 0 Å². The molecule has 4 nitrogen and oxygen atoms in total. The first-order valence-electron chi connectivity index (χ1n) is 4.87. The van der Waals surface area contributed by atoms with Gasteiger partial charge in [0.1, 0.15) is 6.09 Å². The number of nitriles is 1. The molecule has 0 aliphatic heterocycles. The molecule has 0 N–H and O–H groups in total. The van der Waals surface area contributed by atoms with Gasteiger partial charge in [0.25, 0.3) is 0 Å². The fourth-order valence-electron chi connectivity index (χ4n) is 1.45. The smallest absolute Gasteiger partial charge is 0.142 e. The first-order valence-corrected chi connectivity index (χ1v) is 4.87. The minimum atomic E-state index is -1.25. The minimum Gasteiger partial charge on any atom is -0.530 e. The van der Waals surface area contributed by atoms with Crippen LogP contribution in [-0.4, -0.2) is 11.6 Å². The lowest BCUT2D eigenvalue weighted by Crippen LogP contribution is -2.52. The fourth-order valence-corrected chi connectivity index (χ4v) is 1.45. The van der Waals surface area contributed by atoms with Crippen molar-refractivity contribution in [2.24, 2.45) is 0 Å². The molecule has 0 aliphatic carbocycles. The van der Waals surface area contributed by atoms with Crippen LogP contribution in [0.3, 0.4) is 0 Å². The van der Waals surface area contributed by atoms with Crippen molar-refractivity contribution in [3.05, 3.63) is 29.8 Å². The number of anilines is 1. The Morgan fingerprint density at radius 2 is 1.81 bits per heavy atom. The summed E-state index contributed by atoms with van der Waals surface area (Å²) in [6, 6.07) is 8.33. The van der Waals surface area contributed by atoms with Gasteiger partial charge in [0.2, 0.25) is 0 Å². The van der Waals surface area contributed by atoms with E-state index in [-0.39, 0.29) is 0 Å². The molecule has 0 atom stereocenters. The van der Waals surface area contributed by atoms with E-state index >= 15 is 0 Å². The van der Waals surface area contributed by atoms with E-state index in [1.54, 1.807) is 45.0 Å². The molecule has 84 valence electrons. The number of nitrogens with zero attached hydrogens (tertiary/aromatic N) is 2. The van der Waals surface area contributed by atoms with Crippen LogP contribution in [0.4, 0.5) is 10.5 Å². The second-order valence-electron chi connectivity index (χ2n) is 4.43. The van der Waals surface area contributed by atoms with Gasteiger partial charge in [-0.2, -0.15) is 5.26 Å². The topological polar surface area (TPSA) is 67.2 Å². The first kappa shape index (κ1) is 12.1. The Morgan fingerprint density at radius 3 is 2.12 bits per heavy atom. The predicted octanol–water partition coefficient (Wildman–Crippen LogP) is 1.51. The van der Waals surface area contributed by atoms with E-state index in [0.717, 1.165) is 4.90 Å². The number of benzene rings is 1. The van der Waals surface area contributed by atoms with E-state index in [4.69, 9.17) is 5.26 Å². The average Bonchev–Trinajstić information content (AvgIpc) is 2.16. The molecule has 1 rings (SSSR count). The zero-order valence-corrected chi connectivity index (χ0v) is 9.52. The molecule has 0 aliphatic rings. The Balaban J connectivity index is 3.14. The zero-order valence-electron chi connectivity index (χ0n) is 9.52. The maximum atomic E-state index is 11.1. The molecule has 1 amide bonds. The standard InChI is InChI=1S/C12H14N2O2/c1-12(2,3)14(11(15)16)10-6-4-9(8-13)5-7-10/h4-7H,1-3H3,(H,15,16)/p-1. The maximum Gasteiger partial charge on any atom is 0.142 e. The molecule has 16 heavy (non-hydrogen) atoms. The van der Waals surface area contributed by atoms with Crippen LogP contribution in [0, 0.1) is 11.3 Å². The van der Waals surface area contributed by atoms with Crippen molar-refractivity contribution in [2.75, 3.05) is 4.90 Å². The van der Waals surface area contributed by atoms with Crippen molar-refractivity contribution >= 4 is 11.8 Å². The van der Waals surface area contributed by atoms with E-state index in [1.807, 2.05) is 6.07 Å². The van der Waals surface area contributed by atoms with Gasteiger partial charge in [0, 0.05) is 11.2 Å². The fraction of sp³-hybridized carbons (Fsp3) is 0.333. The van der Waals surface area contributed by atoms with Gasteiger partial charge in [-0.25, -0.2) is 0 Å². The van der Waals surface area contributed by atoms with Gasteiger partial charge in [-0.3, -0.25) is 0 Å². The number of carbonyl (C=O) groups is 1. The summed E-state index contributed by atoms with van der Waals surface area (Å²) >= 11 is 0. The summed E-state index contributed by atoms with van der Waals surface area (Å²) in [6.07, 6.45) is -1.25. The molecule has 1 aromatic carbocycles.